The maximum Gasteiger partial charge on any atom is 0.279 e. The molecule has 0 saturated heterocycles. The fraction of sp³-hybridized carbons (Fsp3) is 1.00. The Kier molecular flexibility index (Phi) is 8.63. The minimum Gasteiger partial charge on any atom is -0.381 e. The van der Waals surface area contributed by atoms with Crippen LogP contribution in [0.5, 0.6) is 0 Å². The summed E-state index contributed by atoms with van der Waals surface area (Å²) in [4.78, 5) is 0. The van der Waals surface area contributed by atoms with Crippen molar-refractivity contribution in [1.82, 2.24) is 14.3 Å². The molecule has 1 saturated carbocycles. The largest absolute Gasteiger partial charge is 0.381 e. The maximum absolute atomic E-state index is 11.9. The van der Waals surface area contributed by atoms with Gasteiger partial charge in [-0.15, -0.1) is 0 Å². The van der Waals surface area contributed by atoms with Gasteiger partial charge in [0.25, 0.3) is 10.2 Å². The first kappa shape index (κ1) is 17.8. The molecule has 0 unspecified atom stereocenters. The summed E-state index contributed by atoms with van der Waals surface area (Å²) >= 11 is 0. The maximum atomic E-state index is 11.9. The zero-order chi connectivity index (χ0) is 14.8. The molecule has 2 N–H and O–H groups in total. The van der Waals surface area contributed by atoms with Crippen LogP contribution in [-0.2, 0) is 14.9 Å². The van der Waals surface area contributed by atoms with E-state index in [1.165, 1.54) is 17.1 Å². The van der Waals surface area contributed by atoms with Crippen LogP contribution in [0.3, 0.4) is 0 Å². The number of rotatable bonds is 13. The smallest absolute Gasteiger partial charge is 0.279 e. The van der Waals surface area contributed by atoms with Gasteiger partial charge in [-0.05, 0) is 38.6 Å². The van der Waals surface area contributed by atoms with Crippen LogP contribution in [0, 0.1) is 0 Å². The highest BCUT2D eigenvalue weighted by Gasteiger charge is 2.20. The molecule has 1 aliphatic carbocycles. The lowest BCUT2D eigenvalue weighted by atomic mass is 10.4. The Bertz CT molecular complexity index is 345. The molecule has 0 aromatic carbocycles. The van der Waals surface area contributed by atoms with Crippen molar-refractivity contribution in [3.63, 3.8) is 0 Å². The normalized spacial score (nSPS) is 15.9. The number of nitrogens with zero attached hydrogens (tertiary/aromatic N) is 1. The van der Waals surface area contributed by atoms with Crippen LogP contribution in [0.1, 0.15) is 39.0 Å². The zero-order valence-corrected chi connectivity index (χ0v) is 13.5. The van der Waals surface area contributed by atoms with Crippen LogP contribution in [0.4, 0.5) is 0 Å². The van der Waals surface area contributed by atoms with Crippen molar-refractivity contribution in [2.24, 2.45) is 0 Å². The lowest BCUT2D eigenvalue weighted by Crippen LogP contribution is -2.40. The molecule has 0 aromatic rings. The van der Waals surface area contributed by atoms with Gasteiger partial charge in [0.05, 0.1) is 0 Å². The molecule has 0 aliphatic heterocycles. The summed E-state index contributed by atoms with van der Waals surface area (Å²) in [7, 11) is -1.72. The molecular weight excluding hydrogens is 278 g/mol. The molecule has 0 aromatic heterocycles. The van der Waals surface area contributed by atoms with Gasteiger partial charge in [-0.2, -0.15) is 12.7 Å². The predicted molar refractivity (Wildman–Crippen MR) is 80.9 cm³/mol. The van der Waals surface area contributed by atoms with Gasteiger partial charge in [0, 0.05) is 39.4 Å². The third-order valence-electron chi connectivity index (χ3n) is 3.17. The molecule has 6 nitrogen and oxygen atoms in total. The van der Waals surface area contributed by atoms with Crippen molar-refractivity contribution in [3.8, 4) is 0 Å². The van der Waals surface area contributed by atoms with E-state index in [-0.39, 0.29) is 0 Å². The third kappa shape index (κ3) is 8.16. The second-order valence-corrected chi connectivity index (χ2v) is 7.13. The summed E-state index contributed by atoms with van der Waals surface area (Å²) in [5.41, 5.74) is 0. The standard InChI is InChI=1S/C13H29N3O3S/c1-3-11-19-12-5-9-15-20(17,18)16(2)10-4-8-14-13-6-7-13/h13-15H,3-12H2,1-2H3. The molecule has 0 spiro atoms. The van der Waals surface area contributed by atoms with E-state index in [1.54, 1.807) is 7.05 Å². The Hall–Kier alpha value is -0.210. The van der Waals surface area contributed by atoms with Gasteiger partial charge >= 0.3 is 0 Å². The van der Waals surface area contributed by atoms with Crippen molar-refractivity contribution >= 4 is 10.2 Å². The number of ether oxygens (including phenoxy) is 1. The molecule has 0 atom stereocenters. The fourth-order valence-electron chi connectivity index (χ4n) is 1.75. The minimum absolute atomic E-state index is 0.427. The summed E-state index contributed by atoms with van der Waals surface area (Å²) in [6.45, 7) is 5.25. The van der Waals surface area contributed by atoms with Crippen molar-refractivity contribution < 1.29 is 13.2 Å². The molecule has 20 heavy (non-hydrogen) atoms. The van der Waals surface area contributed by atoms with Crippen molar-refractivity contribution in [2.45, 2.75) is 45.1 Å². The number of nitrogens with one attached hydrogen (secondary N) is 2. The van der Waals surface area contributed by atoms with Crippen LogP contribution in [0.2, 0.25) is 0 Å². The predicted octanol–water partition coefficient (Wildman–Crippen LogP) is 0.711. The number of hydrogen-bond donors (Lipinski definition) is 2. The fourth-order valence-corrected chi connectivity index (χ4v) is 2.74. The van der Waals surface area contributed by atoms with E-state index in [0.717, 1.165) is 26.0 Å². The molecular formula is C13H29N3O3S. The van der Waals surface area contributed by atoms with E-state index in [4.69, 9.17) is 4.74 Å². The van der Waals surface area contributed by atoms with Crippen LogP contribution in [0.25, 0.3) is 0 Å². The van der Waals surface area contributed by atoms with E-state index in [9.17, 15) is 8.42 Å². The van der Waals surface area contributed by atoms with Gasteiger partial charge in [-0.25, -0.2) is 4.72 Å². The quantitative estimate of drug-likeness (QED) is 0.492. The Morgan fingerprint density at radius 1 is 1.20 bits per heavy atom. The lowest BCUT2D eigenvalue weighted by molar-refractivity contribution is 0.133. The van der Waals surface area contributed by atoms with Crippen LogP contribution >= 0.6 is 0 Å². The average Bonchev–Trinajstić information content (AvgIpc) is 3.22. The minimum atomic E-state index is -3.34. The summed E-state index contributed by atoms with van der Waals surface area (Å²) in [6, 6.07) is 0.679. The molecule has 0 amide bonds. The monoisotopic (exact) mass is 307 g/mol. The van der Waals surface area contributed by atoms with E-state index < -0.39 is 10.2 Å². The molecule has 0 bridgehead atoms. The van der Waals surface area contributed by atoms with Gasteiger partial charge < -0.3 is 10.1 Å². The van der Waals surface area contributed by atoms with E-state index >= 15 is 0 Å². The highest BCUT2D eigenvalue weighted by Crippen LogP contribution is 2.18. The van der Waals surface area contributed by atoms with Crippen LogP contribution < -0.4 is 10.0 Å². The molecule has 1 aliphatic rings. The Morgan fingerprint density at radius 3 is 2.60 bits per heavy atom. The highest BCUT2D eigenvalue weighted by atomic mass is 32.2. The third-order valence-corrected chi connectivity index (χ3v) is 4.74. The summed E-state index contributed by atoms with van der Waals surface area (Å²) in [5.74, 6) is 0. The van der Waals surface area contributed by atoms with Gasteiger partial charge in [0.1, 0.15) is 0 Å². The molecule has 0 radical (unpaired) electrons. The van der Waals surface area contributed by atoms with Gasteiger partial charge in [-0.3, -0.25) is 0 Å². The summed E-state index contributed by atoms with van der Waals surface area (Å²) < 4.78 is 33.1. The average molecular weight is 307 g/mol. The molecule has 0 heterocycles. The first-order chi connectivity index (χ1) is 9.56. The zero-order valence-electron chi connectivity index (χ0n) is 12.7. The first-order valence-electron chi connectivity index (χ1n) is 7.58. The molecule has 120 valence electrons. The Balaban J connectivity index is 2.04. The molecule has 7 heteroatoms. The molecule has 1 fully saturated rings. The Morgan fingerprint density at radius 2 is 1.95 bits per heavy atom. The van der Waals surface area contributed by atoms with Gasteiger partial charge in [0.2, 0.25) is 0 Å². The van der Waals surface area contributed by atoms with Gasteiger partial charge in [0.15, 0.2) is 0 Å². The highest BCUT2D eigenvalue weighted by molar-refractivity contribution is 7.87. The Labute approximate surface area is 123 Å². The lowest BCUT2D eigenvalue weighted by Gasteiger charge is -2.17. The van der Waals surface area contributed by atoms with Crippen molar-refractivity contribution in [3.05, 3.63) is 0 Å². The van der Waals surface area contributed by atoms with E-state index in [2.05, 4.69) is 17.0 Å². The SMILES string of the molecule is CCCOCCCNS(=O)(=O)N(C)CCCNC1CC1. The molecule has 1 rings (SSSR count). The second kappa shape index (κ2) is 9.68. The van der Waals surface area contributed by atoms with Crippen LogP contribution in [0.15, 0.2) is 0 Å². The number of hydrogen-bond acceptors (Lipinski definition) is 4. The summed E-state index contributed by atoms with van der Waals surface area (Å²) in [5, 5.41) is 3.38. The van der Waals surface area contributed by atoms with E-state index in [1.807, 2.05) is 0 Å². The van der Waals surface area contributed by atoms with Crippen molar-refractivity contribution in [2.75, 3.05) is 39.9 Å². The topological polar surface area (TPSA) is 70.7 Å². The van der Waals surface area contributed by atoms with Crippen molar-refractivity contribution in [1.29, 1.82) is 0 Å². The van der Waals surface area contributed by atoms with Crippen LogP contribution in [-0.4, -0.2) is 58.7 Å². The summed E-state index contributed by atoms with van der Waals surface area (Å²) in [6.07, 6.45) is 5.05. The first-order valence-corrected chi connectivity index (χ1v) is 9.02. The van der Waals surface area contributed by atoms with Gasteiger partial charge in [-0.1, -0.05) is 6.92 Å². The second-order valence-electron chi connectivity index (χ2n) is 5.27. The van der Waals surface area contributed by atoms with E-state index in [0.29, 0.717) is 32.2 Å².